The van der Waals surface area contributed by atoms with Gasteiger partial charge in [0, 0.05) is 12.6 Å². The second kappa shape index (κ2) is 9.08. The van der Waals surface area contributed by atoms with E-state index in [0.29, 0.717) is 18.0 Å². The van der Waals surface area contributed by atoms with Gasteiger partial charge in [-0.15, -0.1) is 0 Å². The molecule has 0 aliphatic rings. The van der Waals surface area contributed by atoms with Crippen molar-refractivity contribution < 1.29 is 14.3 Å². The summed E-state index contributed by atoms with van der Waals surface area (Å²) in [7, 11) is 3.19. The van der Waals surface area contributed by atoms with E-state index in [9.17, 15) is 4.79 Å². The molecule has 2 aromatic carbocycles. The maximum absolute atomic E-state index is 12.3. The van der Waals surface area contributed by atoms with Crippen LogP contribution in [0.15, 0.2) is 48.5 Å². The van der Waals surface area contributed by atoms with Gasteiger partial charge in [-0.05, 0) is 37.1 Å². The predicted molar refractivity (Wildman–Crippen MR) is 98.8 cm³/mol. The van der Waals surface area contributed by atoms with E-state index in [0.717, 1.165) is 11.1 Å². The highest BCUT2D eigenvalue weighted by molar-refractivity contribution is 5.81. The van der Waals surface area contributed by atoms with Gasteiger partial charge in [0.1, 0.15) is 0 Å². The molecule has 0 saturated carbocycles. The minimum atomic E-state index is -0.296. The summed E-state index contributed by atoms with van der Waals surface area (Å²) in [5.41, 5.74) is 2.11. The predicted octanol–water partition coefficient (Wildman–Crippen LogP) is 3.06. The van der Waals surface area contributed by atoms with Gasteiger partial charge in [0.05, 0.1) is 20.3 Å². The quantitative estimate of drug-likeness (QED) is 0.774. The first-order valence-corrected chi connectivity index (χ1v) is 8.34. The zero-order valence-electron chi connectivity index (χ0n) is 15.2. The lowest BCUT2D eigenvalue weighted by molar-refractivity contribution is -0.123. The molecule has 0 saturated heterocycles. The van der Waals surface area contributed by atoms with Gasteiger partial charge in [-0.25, -0.2) is 0 Å². The molecule has 25 heavy (non-hydrogen) atoms. The van der Waals surface area contributed by atoms with Gasteiger partial charge in [-0.1, -0.05) is 36.4 Å². The lowest BCUT2D eigenvalue weighted by Crippen LogP contribution is -2.42. The third kappa shape index (κ3) is 5.22. The highest BCUT2D eigenvalue weighted by Crippen LogP contribution is 2.27. The molecule has 0 aromatic heterocycles. The Labute approximate surface area is 149 Å². The van der Waals surface area contributed by atoms with Gasteiger partial charge in [-0.3, -0.25) is 10.1 Å². The third-order valence-corrected chi connectivity index (χ3v) is 4.11. The van der Waals surface area contributed by atoms with Crippen LogP contribution in [0.3, 0.4) is 0 Å². The molecule has 2 aromatic rings. The molecule has 0 spiro atoms. The van der Waals surface area contributed by atoms with Gasteiger partial charge >= 0.3 is 0 Å². The Bertz CT molecular complexity index is 689. The van der Waals surface area contributed by atoms with Crippen molar-refractivity contribution in [2.75, 3.05) is 14.2 Å². The van der Waals surface area contributed by atoms with Crippen LogP contribution in [0.2, 0.25) is 0 Å². The number of methoxy groups -OCH3 is 2. The molecule has 0 aliphatic heterocycles. The first-order valence-electron chi connectivity index (χ1n) is 8.34. The van der Waals surface area contributed by atoms with Gasteiger partial charge in [0.2, 0.25) is 5.91 Å². The van der Waals surface area contributed by atoms with Gasteiger partial charge in [0.15, 0.2) is 11.5 Å². The number of ether oxygens (including phenoxy) is 2. The van der Waals surface area contributed by atoms with Gasteiger partial charge < -0.3 is 14.8 Å². The van der Waals surface area contributed by atoms with Crippen molar-refractivity contribution in [2.24, 2.45) is 0 Å². The Kier molecular flexibility index (Phi) is 6.83. The molecule has 0 heterocycles. The molecule has 2 rings (SSSR count). The van der Waals surface area contributed by atoms with E-state index >= 15 is 0 Å². The van der Waals surface area contributed by atoms with Crippen LogP contribution in [0.1, 0.15) is 31.0 Å². The zero-order chi connectivity index (χ0) is 18.2. The largest absolute Gasteiger partial charge is 0.493 e. The van der Waals surface area contributed by atoms with Crippen LogP contribution >= 0.6 is 0 Å². The molecule has 2 N–H and O–H groups in total. The summed E-state index contributed by atoms with van der Waals surface area (Å²) < 4.78 is 10.5. The first-order chi connectivity index (χ1) is 12.0. The summed E-state index contributed by atoms with van der Waals surface area (Å²) in [4.78, 5) is 12.3. The molecule has 0 bridgehead atoms. The fourth-order valence-corrected chi connectivity index (χ4v) is 2.62. The Morgan fingerprint density at radius 1 is 1.00 bits per heavy atom. The minimum Gasteiger partial charge on any atom is -0.493 e. The summed E-state index contributed by atoms with van der Waals surface area (Å²) in [6, 6.07) is 15.5. The Hall–Kier alpha value is -2.53. The first kappa shape index (κ1) is 18.8. The van der Waals surface area contributed by atoms with Crippen LogP contribution in [0, 0.1) is 0 Å². The fourth-order valence-electron chi connectivity index (χ4n) is 2.62. The molecular weight excluding hydrogens is 316 g/mol. The summed E-state index contributed by atoms with van der Waals surface area (Å²) in [5, 5.41) is 6.26. The van der Waals surface area contributed by atoms with E-state index in [2.05, 4.69) is 10.6 Å². The van der Waals surface area contributed by atoms with Crippen molar-refractivity contribution in [1.82, 2.24) is 10.6 Å². The summed E-state index contributed by atoms with van der Waals surface area (Å²) in [6.07, 6.45) is 0. The highest BCUT2D eigenvalue weighted by atomic mass is 16.5. The van der Waals surface area contributed by atoms with E-state index in [4.69, 9.17) is 9.47 Å². The smallest absolute Gasteiger partial charge is 0.237 e. The summed E-state index contributed by atoms with van der Waals surface area (Å²) in [5.74, 6) is 1.28. The third-order valence-electron chi connectivity index (χ3n) is 4.11. The Balaban J connectivity index is 1.89. The van der Waals surface area contributed by atoms with Crippen molar-refractivity contribution in [3.8, 4) is 11.5 Å². The Morgan fingerprint density at radius 3 is 2.32 bits per heavy atom. The van der Waals surface area contributed by atoms with Crippen molar-refractivity contribution >= 4 is 5.91 Å². The van der Waals surface area contributed by atoms with Crippen molar-refractivity contribution in [3.05, 3.63) is 59.7 Å². The molecule has 1 amide bonds. The highest BCUT2D eigenvalue weighted by Gasteiger charge is 2.16. The maximum Gasteiger partial charge on any atom is 0.237 e. The summed E-state index contributed by atoms with van der Waals surface area (Å²) >= 11 is 0. The monoisotopic (exact) mass is 342 g/mol. The number of carbonyl (C=O) groups excluding carboxylic acids is 1. The average Bonchev–Trinajstić information content (AvgIpc) is 2.66. The van der Waals surface area contributed by atoms with Crippen LogP contribution in [-0.4, -0.2) is 26.2 Å². The van der Waals surface area contributed by atoms with E-state index in [1.54, 1.807) is 14.2 Å². The number of nitrogens with one attached hydrogen (secondary N) is 2. The standard InChI is InChI=1S/C20H26N2O3/c1-14(17-8-6-5-7-9-17)22-15(2)20(23)21-13-16-10-11-18(24-3)19(12-16)25-4/h5-12,14-15,22H,13H2,1-4H3,(H,21,23)/t14-,15+/m0/s1. The molecule has 5 heteroatoms. The molecule has 0 unspecified atom stereocenters. The van der Waals surface area contributed by atoms with Crippen LogP contribution < -0.4 is 20.1 Å². The van der Waals surface area contributed by atoms with Crippen LogP contribution in [0.25, 0.3) is 0 Å². The Morgan fingerprint density at radius 2 is 1.68 bits per heavy atom. The molecular formula is C20H26N2O3. The van der Waals surface area contributed by atoms with E-state index in [1.807, 2.05) is 62.4 Å². The second-order valence-electron chi connectivity index (χ2n) is 5.93. The number of hydrogen-bond donors (Lipinski definition) is 2. The fraction of sp³-hybridized carbons (Fsp3) is 0.350. The molecule has 0 aliphatic carbocycles. The number of benzene rings is 2. The summed E-state index contributed by atoms with van der Waals surface area (Å²) in [6.45, 7) is 4.35. The van der Waals surface area contributed by atoms with Crippen LogP contribution in [0.5, 0.6) is 11.5 Å². The lowest BCUT2D eigenvalue weighted by atomic mass is 10.1. The lowest BCUT2D eigenvalue weighted by Gasteiger charge is -2.20. The molecule has 134 valence electrons. The second-order valence-corrected chi connectivity index (χ2v) is 5.93. The van der Waals surface area contributed by atoms with Crippen molar-refractivity contribution in [1.29, 1.82) is 0 Å². The van der Waals surface area contributed by atoms with E-state index in [-0.39, 0.29) is 18.0 Å². The normalized spacial score (nSPS) is 13.0. The SMILES string of the molecule is COc1ccc(CNC(=O)[C@@H](C)N[C@@H](C)c2ccccc2)cc1OC. The van der Waals surface area contributed by atoms with E-state index < -0.39 is 0 Å². The van der Waals surface area contributed by atoms with Gasteiger partial charge in [-0.2, -0.15) is 0 Å². The minimum absolute atomic E-state index is 0.0439. The number of rotatable bonds is 8. The zero-order valence-corrected chi connectivity index (χ0v) is 15.2. The average molecular weight is 342 g/mol. The molecule has 0 fully saturated rings. The van der Waals surface area contributed by atoms with Crippen LogP contribution in [0.4, 0.5) is 0 Å². The van der Waals surface area contributed by atoms with Gasteiger partial charge in [0.25, 0.3) is 0 Å². The molecule has 0 radical (unpaired) electrons. The number of hydrogen-bond acceptors (Lipinski definition) is 4. The molecule has 5 nitrogen and oxygen atoms in total. The van der Waals surface area contributed by atoms with E-state index in [1.165, 1.54) is 0 Å². The molecule has 2 atom stereocenters. The maximum atomic E-state index is 12.3. The topological polar surface area (TPSA) is 59.6 Å². The van der Waals surface area contributed by atoms with Crippen LogP contribution in [-0.2, 0) is 11.3 Å². The van der Waals surface area contributed by atoms with Crippen molar-refractivity contribution in [2.45, 2.75) is 32.5 Å². The number of carbonyl (C=O) groups is 1. The van der Waals surface area contributed by atoms with Crippen molar-refractivity contribution in [3.63, 3.8) is 0 Å². The number of amides is 1.